The van der Waals surface area contributed by atoms with Crippen LogP contribution in [-0.2, 0) is 0 Å². The second-order valence-electron chi connectivity index (χ2n) is 9.72. The van der Waals surface area contributed by atoms with E-state index >= 15 is 0 Å². The van der Waals surface area contributed by atoms with Crippen molar-refractivity contribution in [2.75, 3.05) is 11.4 Å². The monoisotopic (exact) mass is 393 g/mol. The van der Waals surface area contributed by atoms with Gasteiger partial charge >= 0.3 is 0 Å². The summed E-state index contributed by atoms with van der Waals surface area (Å²) in [6.07, 6.45) is 9.28. The molecule has 1 aromatic rings. The molecule has 2 fully saturated rings. The van der Waals surface area contributed by atoms with Crippen molar-refractivity contribution in [3.05, 3.63) is 36.5 Å². The van der Waals surface area contributed by atoms with E-state index in [-0.39, 0.29) is 0 Å². The molecule has 3 aliphatic rings. The third-order valence-corrected chi connectivity index (χ3v) is 7.77. The minimum atomic E-state index is 0.526. The molecule has 158 valence electrons. The Balaban J connectivity index is 1.53. The molecule has 1 saturated heterocycles. The summed E-state index contributed by atoms with van der Waals surface area (Å²) in [4.78, 5) is 10.2. The molecule has 0 aromatic heterocycles. The minimum Gasteiger partial charge on any atom is -0.336 e. The van der Waals surface area contributed by atoms with Gasteiger partial charge in [-0.05, 0) is 69.4 Å². The molecule has 1 aliphatic carbocycles. The molecule has 2 aliphatic heterocycles. The Morgan fingerprint density at radius 3 is 2.59 bits per heavy atom. The van der Waals surface area contributed by atoms with Crippen molar-refractivity contribution < 1.29 is 0 Å². The molecule has 0 spiro atoms. The molecule has 29 heavy (non-hydrogen) atoms. The zero-order valence-corrected chi connectivity index (χ0v) is 18.9. The number of rotatable bonds is 4. The van der Waals surface area contributed by atoms with Gasteiger partial charge in [-0.1, -0.05) is 45.9 Å². The fraction of sp³-hybridized carbons (Fsp3) is 0.654. The van der Waals surface area contributed by atoms with Crippen LogP contribution in [0.3, 0.4) is 0 Å². The van der Waals surface area contributed by atoms with E-state index in [4.69, 9.17) is 4.99 Å². The number of benzene rings is 1. The van der Waals surface area contributed by atoms with Crippen LogP contribution < -0.4 is 4.90 Å². The van der Waals surface area contributed by atoms with Crippen molar-refractivity contribution in [3.8, 4) is 0 Å². The molecule has 3 nitrogen and oxygen atoms in total. The highest BCUT2D eigenvalue weighted by atomic mass is 15.3. The fourth-order valence-electron chi connectivity index (χ4n) is 6.22. The van der Waals surface area contributed by atoms with E-state index in [1.54, 1.807) is 0 Å². The van der Waals surface area contributed by atoms with Crippen molar-refractivity contribution in [1.82, 2.24) is 4.90 Å². The average molecular weight is 394 g/mol. The Kier molecular flexibility index (Phi) is 6.15. The lowest BCUT2D eigenvalue weighted by Crippen LogP contribution is -2.55. The van der Waals surface area contributed by atoms with E-state index in [0.29, 0.717) is 12.1 Å². The fourth-order valence-corrected chi connectivity index (χ4v) is 6.22. The molecule has 4 rings (SSSR count). The predicted molar refractivity (Wildman–Crippen MR) is 125 cm³/mol. The largest absolute Gasteiger partial charge is 0.336 e. The van der Waals surface area contributed by atoms with E-state index in [9.17, 15) is 0 Å². The second-order valence-corrected chi connectivity index (χ2v) is 9.72. The van der Waals surface area contributed by atoms with Crippen LogP contribution in [0.1, 0.15) is 72.6 Å². The first kappa shape index (κ1) is 20.7. The van der Waals surface area contributed by atoms with Gasteiger partial charge in [-0.25, -0.2) is 4.99 Å². The van der Waals surface area contributed by atoms with Crippen molar-refractivity contribution >= 4 is 17.1 Å². The minimum absolute atomic E-state index is 0.526. The first-order chi connectivity index (χ1) is 14.0. The van der Waals surface area contributed by atoms with Gasteiger partial charge in [0, 0.05) is 24.7 Å². The topological polar surface area (TPSA) is 18.8 Å². The Bertz CT molecular complexity index is 767. The summed E-state index contributed by atoms with van der Waals surface area (Å²) in [6.45, 7) is 15.0. The molecule has 1 saturated carbocycles. The van der Waals surface area contributed by atoms with Crippen LogP contribution in [0.4, 0.5) is 11.4 Å². The van der Waals surface area contributed by atoms with Crippen LogP contribution in [0, 0.1) is 11.8 Å². The van der Waals surface area contributed by atoms with E-state index in [2.05, 4.69) is 68.3 Å². The summed E-state index contributed by atoms with van der Waals surface area (Å²) in [6, 6.07) is 10.6. The number of para-hydroxylation sites is 2. The maximum Gasteiger partial charge on any atom is 0.0870 e. The molecule has 1 aromatic carbocycles. The van der Waals surface area contributed by atoms with E-state index in [0.717, 1.165) is 35.0 Å². The van der Waals surface area contributed by atoms with Crippen molar-refractivity contribution in [1.29, 1.82) is 0 Å². The van der Waals surface area contributed by atoms with E-state index in [1.807, 2.05) is 0 Å². The highest BCUT2D eigenvalue weighted by Crippen LogP contribution is 2.42. The second kappa shape index (κ2) is 8.63. The lowest BCUT2D eigenvalue weighted by atomic mass is 9.76. The Hall–Kier alpha value is -1.61. The first-order valence-corrected chi connectivity index (χ1v) is 11.9. The summed E-state index contributed by atoms with van der Waals surface area (Å²) in [5.41, 5.74) is 4.49. The van der Waals surface area contributed by atoms with Crippen LogP contribution >= 0.6 is 0 Å². The van der Waals surface area contributed by atoms with Crippen molar-refractivity contribution in [2.45, 2.75) is 90.8 Å². The number of anilines is 1. The molecular formula is C26H39N3. The van der Waals surface area contributed by atoms with E-state index in [1.165, 1.54) is 57.2 Å². The van der Waals surface area contributed by atoms with Gasteiger partial charge in [-0.2, -0.15) is 0 Å². The summed E-state index contributed by atoms with van der Waals surface area (Å²) < 4.78 is 0. The van der Waals surface area contributed by atoms with Crippen molar-refractivity contribution in [2.24, 2.45) is 16.8 Å². The maximum absolute atomic E-state index is 4.79. The number of hydrogen-bond acceptors (Lipinski definition) is 3. The van der Waals surface area contributed by atoms with Gasteiger partial charge < -0.3 is 4.90 Å². The smallest absolute Gasteiger partial charge is 0.0870 e. The van der Waals surface area contributed by atoms with Gasteiger partial charge in [0.1, 0.15) is 0 Å². The third-order valence-electron chi connectivity index (χ3n) is 7.77. The normalized spacial score (nSPS) is 33.4. The van der Waals surface area contributed by atoms with Gasteiger partial charge in [0.05, 0.1) is 22.8 Å². The number of hydrogen-bond donors (Lipinski definition) is 0. The average Bonchev–Trinajstić information content (AvgIpc) is 2.73. The van der Waals surface area contributed by atoms with Crippen LogP contribution in [0.2, 0.25) is 0 Å². The van der Waals surface area contributed by atoms with Crippen LogP contribution in [0.5, 0.6) is 0 Å². The van der Waals surface area contributed by atoms with Gasteiger partial charge in [-0.15, -0.1) is 0 Å². The zero-order chi connectivity index (χ0) is 20.5. The molecular weight excluding hydrogens is 354 g/mol. The quantitative estimate of drug-likeness (QED) is 0.576. The number of nitrogens with zero attached hydrogens (tertiary/aromatic N) is 3. The predicted octanol–water partition coefficient (Wildman–Crippen LogP) is 6.57. The number of allylic oxidation sites excluding steroid dienone is 1. The number of fused-ring (bicyclic) bond motifs is 1. The van der Waals surface area contributed by atoms with Gasteiger partial charge in [0.15, 0.2) is 0 Å². The summed E-state index contributed by atoms with van der Waals surface area (Å²) in [5.74, 6) is 1.80. The molecule has 3 heteroatoms. The SMILES string of the molecule is C=C1C(C)=Nc2ccccc2N1C1CCN(C2CC(C)CC(CC)C2)C(CC)C1. The van der Waals surface area contributed by atoms with Crippen LogP contribution in [-0.4, -0.2) is 35.3 Å². The molecule has 0 N–H and O–H groups in total. The Morgan fingerprint density at radius 2 is 1.83 bits per heavy atom. The number of piperidine rings is 1. The molecule has 0 bridgehead atoms. The molecule has 2 heterocycles. The van der Waals surface area contributed by atoms with E-state index < -0.39 is 0 Å². The lowest BCUT2D eigenvalue weighted by Gasteiger charge is -2.50. The lowest BCUT2D eigenvalue weighted by molar-refractivity contribution is 0.0356. The van der Waals surface area contributed by atoms with Crippen LogP contribution in [0.25, 0.3) is 0 Å². The first-order valence-electron chi connectivity index (χ1n) is 11.9. The van der Waals surface area contributed by atoms with Gasteiger partial charge in [0.2, 0.25) is 0 Å². The highest BCUT2D eigenvalue weighted by molar-refractivity contribution is 6.06. The van der Waals surface area contributed by atoms with Gasteiger partial charge in [-0.3, -0.25) is 4.90 Å². The summed E-state index contributed by atoms with van der Waals surface area (Å²) in [7, 11) is 0. The number of aliphatic imine (C=N–C) groups is 1. The Morgan fingerprint density at radius 1 is 1.03 bits per heavy atom. The highest BCUT2D eigenvalue weighted by Gasteiger charge is 2.39. The van der Waals surface area contributed by atoms with Gasteiger partial charge in [0.25, 0.3) is 0 Å². The van der Waals surface area contributed by atoms with Crippen molar-refractivity contribution in [3.63, 3.8) is 0 Å². The molecule has 0 amide bonds. The Labute approximate surface area is 177 Å². The summed E-state index contributed by atoms with van der Waals surface area (Å²) in [5, 5.41) is 0. The standard InChI is InChI=1S/C26H39N3/c1-6-21-14-18(3)15-24(16-21)28-13-12-23(17-22(28)7-2)29-20(5)19(4)27-25-10-8-9-11-26(25)29/h8-11,18,21-24H,5-7,12-17H2,1-4H3. The molecule has 5 unspecified atom stereocenters. The zero-order valence-electron chi connectivity index (χ0n) is 18.9. The molecule has 5 atom stereocenters. The summed E-state index contributed by atoms with van der Waals surface area (Å²) >= 11 is 0. The third kappa shape index (κ3) is 4.03. The molecule has 0 radical (unpaired) electrons. The number of likely N-dealkylation sites (tertiary alicyclic amines) is 1. The maximum atomic E-state index is 4.79. The van der Waals surface area contributed by atoms with Crippen LogP contribution in [0.15, 0.2) is 41.5 Å².